The van der Waals surface area contributed by atoms with Crippen molar-refractivity contribution in [3.8, 4) is 11.5 Å². The van der Waals surface area contributed by atoms with E-state index in [-0.39, 0.29) is 60.6 Å². The minimum atomic E-state index is -0.731. The third-order valence-corrected chi connectivity index (χ3v) is 12.9. The second-order valence-electron chi connectivity index (χ2n) is 16.8. The summed E-state index contributed by atoms with van der Waals surface area (Å²) in [5.74, 6) is -0.979. The number of ether oxygens (including phenoxy) is 2. The lowest BCUT2D eigenvalue weighted by Gasteiger charge is -2.42. The molecule has 1 unspecified atom stereocenters. The number of halogens is 1. The molecule has 0 spiro atoms. The third kappa shape index (κ3) is 10.00. The van der Waals surface area contributed by atoms with Gasteiger partial charge in [0.25, 0.3) is 11.8 Å². The van der Waals surface area contributed by atoms with Gasteiger partial charge < -0.3 is 29.5 Å². The monoisotopic (exact) mass is 852 g/mol. The molecule has 4 aliphatic heterocycles. The van der Waals surface area contributed by atoms with Gasteiger partial charge in [-0.15, -0.1) is 0 Å². The zero-order valence-corrected chi connectivity index (χ0v) is 35.9. The van der Waals surface area contributed by atoms with Crippen LogP contribution >= 0.6 is 0 Å². The summed E-state index contributed by atoms with van der Waals surface area (Å²) in [5, 5.41) is 5.20. The van der Waals surface area contributed by atoms with Gasteiger partial charge in [-0.25, -0.2) is 4.39 Å². The van der Waals surface area contributed by atoms with Crippen LogP contribution in [0.3, 0.4) is 0 Å². The fourth-order valence-corrected chi connectivity index (χ4v) is 9.40. The standard InChI is InChI=1S/C47H57FN6O8/c1-4-62-41-25-31(11-13-40(41)61-3)27-54-46(59)35-8-7-9-38(44(35)47(54)60)49-42(56)10-5-6-19-51-20-17-34(18-21-51)52-22-15-32(16-23-52)36-26-33(30(2)24-37(36)48)28-53(29-55)39-12-14-43(57)50-45(39)58/h7-9,11,13,24-26,29,32,34,39H,4-6,10,12,14-23,27-28H2,1-3H3,(H,49,56)(H,50,57,58). The number of unbranched alkanes of at least 4 members (excludes halogenated alkanes) is 1. The van der Waals surface area contributed by atoms with Crippen LogP contribution in [0.2, 0.25) is 0 Å². The maximum Gasteiger partial charge on any atom is 0.263 e. The summed E-state index contributed by atoms with van der Waals surface area (Å²) >= 11 is 0. The number of fused-ring (bicyclic) bond motifs is 1. The molecule has 3 aromatic carbocycles. The first-order valence-corrected chi connectivity index (χ1v) is 21.9. The van der Waals surface area contributed by atoms with Crippen molar-refractivity contribution in [3.05, 3.63) is 87.7 Å². The molecule has 0 aliphatic carbocycles. The van der Waals surface area contributed by atoms with E-state index in [1.165, 1.54) is 15.9 Å². The van der Waals surface area contributed by atoms with Gasteiger partial charge in [0, 0.05) is 25.4 Å². The number of anilines is 1. The van der Waals surface area contributed by atoms with Gasteiger partial charge in [-0.3, -0.25) is 39.0 Å². The number of hydrogen-bond donors (Lipinski definition) is 2. The van der Waals surface area contributed by atoms with Crippen LogP contribution in [0.15, 0.2) is 48.5 Å². The fourth-order valence-electron chi connectivity index (χ4n) is 9.40. The van der Waals surface area contributed by atoms with Gasteiger partial charge in [0.1, 0.15) is 11.9 Å². The first-order valence-electron chi connectivity index (χ1n) is 21.9. The molecule has 330 valence electrons. The number of methoxy groups -OCH3 is 1. The summed E-state index contributed by atoms with van der Waals surface area (Å²) in [6.07, 6.45) is 6.68. The van der Waals surface area contributed by atoms with E-state index < -0.39 is 23.8 Å². The van der Waals surface area contributed by atoms with E-state index in [0.29, 0.717) is 60.2 Å². The van der Waals surface area contributed by atoms with Crippen LogP contribution in [0.1, 0.15) is 114 Å². The van der Waals surface area contributed by atoms with Crippen molar-refractivity contribution in [2.75, 3.05) is 51.8 Å². The van der Waals surface area contributed by atoms with Crippen LogP contribution in [0.4, 0.5) is 10.1 Å². The summed E-state index contributed by atoms with van der Waals surface area (Å²) in [5.41, 5.74) is 3.70. The highest BCUT2D eigenvalue weighted by molar-refractivity contribution is 6.24. The highest BCUT2D eigenvalue weighted by Gasteiger charge is 2.38. The van der Waals surface area contributed by atoms with Crippen LogP contribution in [0.5, 0.6) is 11.5 Å². The number of rotatable bonds is 17. The van der Waals surface area contributed by atoms with Crippen LogP contribution in [0.25, 0.3) is 0 Å². The van der Waals surface area contributed by atoms with E-state index in [0.717, 1.165) is 76.0 Å². The summed E-state index contributed by atoms with van der Waals surface area (Å²) in [7, 11) is 1.55. The van der Waals surface area contributed by atoms with E-state index >= 15 is 4.39 Å². The van der Waals surface area contributed by atoms with Gasteiger partial charge in [0.15, 0.2) is 11.5 Å². The van der Waals surface area contributed by atoms with Gasteiger partial charge in [0.05, 0.1) is 37.1 Å². The second kappa shape index (κ2) is 20.0. The highest BCUT2D eigenvalue weighted by atomic mass is 19.1. The molecular formula is C47H57FN6O8. The molecule has 0 radical (unpaired) electrons. The van der Waals surface area contributed by atoms with E-state index in [1.54, 1.807) is 43.5 Å². The molecule has 4 aliphatic rings. The molecule has 3 saturated heterocycles. The Balaban J connectivity index is 0.831. The molecule has 0 saturated carbocycles. The zero-order chi connectivity index (χ0) is 43.9. The Labute approximate surface area is 362 Å². The van der Waals surface area contributed by atoms with Crippen molar-refractivity contribution in [1.82, 2.24) is 24.9 Å². The summed E-state index contributed by atoms with van der Waals surface area (Å²) < 4.78 is 26.4. The molecule has 1 atom stereocenters. The molecule has 62 heavy (non-hydrogen) atoms. The zero-order valence-electron chi connectivity index (χ0n) is 35.9. The molecule has 6 amide bonds. The largest absolute Gasteiger partial charge is 0.493 e. The van der Waals surface area contributed by atoms with E-state index in [9.17, 15) is 28.8 Å². The van der Waals surface area contributed by atoms with Crippen molar-refractivity contribution in [1.29, 1.82) is 0 Å². The van der Waals surface area contributed by atoms with Crippen molar-refractivity contribution >= 4 is 41.6 Å². The smallest absolute Gasteiger partial charge is 0.263 e. The number of hydrogen-bond acceptors (Lipinski definition) is 10. The lowest BCUT2D eigenvalue weighted by molar-refractivity contribution is -0.141. The Bertz CT molecular complexity index is 2180. The minimum absolute atomic E-state index is 0.0534. The molecule has 3 aromatic rings. The Morgan fingerprint density at radius 1 is 0.952 bits per heavy atom. The number of carbonyl (C=O) groups is 6. The van der Waals surface area contributed by atoms with Crippen molar-refractivity contribution < 1.29 is 42.6 Å². The van der Waals surface area contributed by atoms with Gasteiger partial charge >= 0.3 is 0 Å². The number of imide groups is 2. The number of nitrogens with zero attached hydrogens (tertiary/aromatic N) is 4. The quantitative estimate of drug-likeness (QED) is 0.100. The number of aryl methyl sites for hydroxylation is 1. The topological polar surface area (TPSA) is 158 Å². The summed E-state index contributed by atoms with van der Waals surface area (Å²) in [6, 6.07) is 13.4. The fraction of sp³-hybridized carbons (Fsp3) is 0.489. The Morgan fingerprint density at radius 3 is 2.44 bits per heavy atom. The van der Waals surface area contributed by atoms with E-state index in [1.807, 2.05) is 19.9 Å². The van der Waals surface area contributed by atoms with Crippen molar-refractivity contribution in [2.24, 2.45) is 0 Å². The number of benzene rings is 3. The summed E-state index contributed by atoms with van der Waals surface area (Å²) in [6.45, 7) is 8.93. The number of nitrogens with one attached hydrogen (secondary N) is 2. The predicted octanol–water partition coefficient (Wildman–Crippen LogP) is 5.55. The number of likely N-dealkylation sites (tertiary alicyclic amines) is 2. The second-order valence-corrected chi connectivity index (χ2v) is 16.8. The normalized spacial score (nSPS) is 19.0. The molecule has 3 fully saturated rings. The summed E-state index contributed by atoms with van der Waals surface area (Å²) in [4.78, 5) is 83.6. The molecule has 0 bridgehead atoms. The molecule has 7 rings (SSSR count). The molecular weight excluding hydrogens is 796 g/mol. The first-order chi connectivity index (χ1) is 30.0. The number of piperidine rings is 3. The van der Waals surface area contributed by atoms with Crippen LogP contribution in [-0.4, -0.2) is 114 Å². The Hall–Kier alpha value is -5.67. The number of carbonyl (C=O) groups excluding carboxylic acids is 6. The van der Waals surface area contributed by atoms with Crippen molar-refractivity contribution in [2.45, 2.75) is 103 Å². The van der Waals surface area contributed by atoms with E-state index in [2.05, 4.69) is 20.4 Å². The highest BCUT2D eigenvalue weighted by Crippen LogP contribution is 2.35. The van der Waals surface area contributed by atoms with Crippen molar-refractivity contribution in [3.63, 3.8) is 0 Å². The maximum absolute atomic E-state index is 15.4. The van der Waals surface area contributed by atoms with Crippen LogP contribution < -0.4 is 20.1 Å². The SMILES string of the molecule is CCOc1cc(CN2C(=O)c3cccc(NC(=O)CCCCN4CCC(N5CCC(c6cc(CN(C=O)C7CCC(=O)NC7=O)c(C)cc6F)CC5)CC4)c3C2=O)ccc1OC. The van der Waals surface area contributed by atoms with Crippen LogP contribution in [0, 0.1) is 12.7 Å². The molecule has 0 aromatic heterocycles. The predicted molar refractivity (Wildman–Crippen MR) is 229 cm³/mol. The Kier molecular flexibility index (Phi) is 14.3. The molecule has 15 heteroatoms. The lowest BCUT2D eigenvalue weighted by atomic mass is 9.86. The third-order valence-electron chi connectivity index (χ3n) is 12.9. The molecule has 2 N–H and O–H groups in total. The van der Waals surface area contributed by atoms with E-state index in [4.69, 9.17) is 9.47 Å². The average Bonchev–Trinajstić information content (AvgIpc) is 3.51. The molecule has 14 nitrogen and oxygen atoms in total. The Morgan fingerprint density at radius 2 is 1.73 bits per heavy atom. The first kappa shape index (κ1) is 44.4. The maximum atomic E-state index is 15.4. The lowest BCUT2D eigenvalue weighted by Crippen LogP contribution is -2.51. The van der Waals surface area contributed by atoms with Gasteiger partial charge in [-0.1, -0.05) is 18.2 Å². The average molecular weight is 853 g/mol. The molecule has 4 heterocycles. The van der Waals surface area contributed by atoms with Gasteiger partial charge in [-0.2, -0.15) is 0 Å². The number of amides is 6. The van der Waals surface area contributed by atoms with Gasteiger partial charge in [0.2, 0.25) is 24.1 Å². The van der Waals surface area contributed by atoms with Crippen LogP contribution in [-0.2, 0) is 32.3 Å². The minimum Gasteiger partial charge on any atom is -0.493 e. The van der Waals surface area contributed by atoms with Gasteiger partial charge in [-0.05, 0) is 150 Å².